The number of carbonyl (C=O) groups excluding carboxylic acids is 2. The van der Waals surface area contributed by atoms with E-state index in [0.717, 1.165) is 50.5 Å². The maximum absolute atomic E-state index is 13.4. The van der Waals surface area contributed by atoms with Crippen molar-refractivity contribution in [2.24, 2.45) is 0 Å². The number of benzene rings is 2. The lowest BCUT2D eigenvalue weighted by Gasteiger charge is -2.24. The first kappa shape index (κ1) is 26.6. The molecule has 1 heterocycles. The first-order valence-electron chi connectivity index (χ1n) is 13.0. The lowest BCUT2D eigenvalue weighted by Crippen LogP contribution is -2.41. The van der Waals surface area contributed by atoms with Crippen LogP contribution in [0.4, 0.5) is 0 Å². The molecular weight excluding hydrogens is 442 g/mol. The van der Waals surface area contributed by atoms with Crippen LogP contribution in [0.2, 0.25) is 0 Å². The van der Waals surface area contributed by atoms with Gasteiger partial charge >= 0.3 is 5.97 Å². The van der Waals surface area contributed by atoms with E-state index in [1.54, 1.807) is 17.0 Å². The summed E-state index contributed by atoms with van der Waals surface area (Å²) in [6.45, 7) is 6.25. The van der Waals surface area contributed by atoms with Crippen molar-refractivity contribution in [3.63, 3.8) is 0 Å². The number of rotatable bonds is 14. The zero-order valence-electron chi connectivity index (χ0n) is 21.2. The van der Waals surface area contributed by atoms with Gasteiger partial charge in [0, 0.05) is 12.1 Å². The molecule has 2 aromatic carbocycles. The quantitative estimate of drug-likeness (QED) is 0.238. The van der Waals surface area contributed by atoms with Crippen molar-refractivity contribution in [1.82, 2.24) is 4.90 Å². The van der Waals surface area contributed by atoms with Gasteiger partial charge in [0.15, 0.2) is 11.5 Å². The van der Waals surface area contributed by atoms with Gasteiger partial charge in [-0.15, -0.1) is 0 Å². The number of carbonyl (C=O) groups is 2. The Morgan fingerprint density at radius 2 is 1.57 bits per heavy atom. The van der Waals surface area contributed by atoms with Gasteiger partial charge in [-0.2, -0.15) is 0 Å². The van der Waals surface area contributed by atoms with Crippen LogP contribution in [-0.4, -0.2) is 42.6 Å². The Morgan fingerprint density at radius 3 is 2.26 bits per heavy atom. The van der Waals surface area contributed by atoms with Gasteiger partial charge in [0.25, 0.3) is 5.91 Å². The highest BCUT2D eigenvalue weighted by atomic mass is 16.5. The molecule has 0 bridgehead atoms. The molecule has 2 aromatic rings. The molecule has 0 aliphatic carbocycles. The van der Waals surface area contributed by atoms with E-state index in [9.17, 15) is 9.59 Å². The van der Waals surface area contributed by atoms with Crippen LogP contribution in [0.1, 0.15) is 81.1 Å². The van der Waals surface area contributed by atoms with Crippen molar-refractivity contribution in [3.8, 4) is 11.5 Å². The summed E-state index contributed by atoms with van der Waals surface area (Å²) in [6, 6.07) is 14.3. The van der Waals surface area contributed by atoms with Gasteiger partial charge in [-0.1, -0.05) is 69.9 Å². The maximum atomic E-state index is 13.4. The number of unbranched alkanes of at least 4 members (excludes halogenated alkanes) is 4. The van der Waals surface area contributed by atoms with Crippen molar-refractivity contribution < 1.29 is 23.8 Å². The lowest BCUT2D eigenvalue weighted by atomic mass is 10.1. The van der Waals surface area contributed by atoms with Crippen molar-refractivity contribution in [3.05, 3.63) is 59.7 Å². The number of hydrogen-bond acceptors (Lipinski definition) is 5. The molecule has 6 heteroatoms. The minimum Gasteiger partial charge on any atom is -0.490 e. The number of likely N-dealkylation sites (tertiary alicyclic amines) is 1. The Hall–Kier alpha value is -3.02. The number of hydrogen-bond donors (Lipinski definition) is 0. The fourth-order valence-electron chi connectivity index (χ4n) is 4.19. The second-order valence-electron chi connectivity index (χ2n) is 9.02. The second-order valence-corrected chi connectivity index (χ2v) is 9.02. The van der Waals surface area contributed by atoms with E-state index in [-0.39, 0.29) is 18.5 Å². The molecule has 0 unspecified atom stereocenters. The fourth-order valence-corrected chi connectivity index (χ4v) is 4.19. The molecule has 6 nitrogen and oxygen atoms in total. The smallest absolute Gasteiger partial charge is 0.329 e. The average Bonchev–Trinajstić information content (AvgIpc) is 3.38. The third kappa shape index (κ3) is 8.01. The summed E-state index contributed by atoms with van der Waals surface area (Å²) in [4.78, 5) is 27.8. The van der Waals surface area contributed by atoms with Gasteiger partial charge in [0.1, 0.15) is 12.6 Å². The maximum Gasteiger partial charge on any atom is 0.329 e. The van der Waals surface area contributed by atoms with Crippen LogP contribution >= 0.6 is 0 Å². The van der Waals surface area contributed by atoms with E-state index in [1.807, 2.05) is 36.4 Å². The molecule has 0 aromatic heterocycles. The topological polar surface area (TPSA) is 65.1 Å². The lowest BCUT2D eigenvalue weighted by molar-refractivity contribution is -0.149. The van der Waals surface area contributed by atoms with Gasteiger partial charge in [0.2, 0.25) is 0 Å². The van der Waals surface area contributed by atoms with Crippen LogP contribution in [0.25, 0.3) is 0 Å². The Bertz CT molecular complexity index is 930. The molecule has 0 saturated carbocycles. The van der Waals surface area contributed by atoms with E-state index in [4.69, 9.17) is 14.2 Å². The zero-order valence-corrected chi connectivity index (χ0v) is 21.2. The molecule has 1 saturated heterocycles. The molecule has 1 atom stereocenters. The van der Waals surface area contributed by atoms with Crippen molar-refractivity contribution in [1.29, 1.82) is 0 Å². The van der Waals surface area contributed by atoms with Crippen LogP contribution in [0.3, 0.4) is 0 Å². The highest BCUT2D eigenvalue weighted by molar-refractivity contribution is 5.97. The summed E-state index contributed by atoms with van der Waals surface area (Å²) in [5.41, 5.74) is 1.43. The molecule has 3 rings (SSSR count). The van der Waals surface area contributed by atoms with Gasteiger partial charge < -0.3 is 19.1 Å². The number of amides is 1. The molecule has 1 aliphatic rings. The molecule has 0 N–H and O–H groups in total. The minimum atomic E-state index is -0.565. The number of nitrogens with zero attached hydrogens (tertiary/aromatic N) is 1. The zero-order chi connectivity index (χ0) is 24.9. The molecule has 190 valence electrons. The van der Waals surface area contributed by atoms with Crippen LogP contribution in [0.15, 0.2) is 48.5 Å². The third-order valence-corrected chi connectivity index (χ3v) is 6.21. The van der Waals surface area contributed by atoms with Gasteiger partial charge in [-0.3, -0.25) is 4.79 Å². The monoisotopic (exact) mass is 481 g/mol. The first-order valence-corrected chi connectivity index (χ1v) is 13.0. The van der Waals surface area contributed by atoms with E-state index >= 15 is 0 Å². The summed E-state index contributed by atoms with van der Waals surface area (Å²) in [6.07, 6.45) is 7.75. The summed E-state index contributed by atoms with van der Waals surface area (Å²) in [5, 5.41) is 0. The minimum absolute atomic E-state index is 0.180. The van der Waals surface area contributed by atoms with E-state index < -0.39 is 6.04 Å². The standard InChI is InChI=1S/C29H39NO5/c1-3-5-10-19-33-26-17-16-24(21-27(26)34-20-11-6-4-2)28(31)30-18-12-15-25(30)29(32)35-22-23-13-8-7-9-14-23/h7-9,13-14,16-17,21,25H,3-6,10-12,15,18-20,22H2,1-2H3/t25-/m0/s1. The average molecular weight is 482 g/mol. The van der Waals surface area contributed by atoms with E-state index in [2.05, 4.69) is 13.8 Å². The summed E-state index contributed by atoms with van der Waals surface area (Å²) in [7, 11) is 0. The SMILES string of the molecule is CCCCCOc1ccc(C(=O)N2CCC[C@H]2C(=O)OCc2ccccc2)cc1OCCCCC. The molecule has 0 spiro atoms. The predicted octanol–water partition coefficient (Wildman–Crippen LogP) is 6.17. The Balaban J connectivity index is 1.67. The molecule has 35 heavy (non-hydrogen) atoms. The van der Waals surface area contributed by atoms with Gasteiger partial charge in [0.05, 0.1) is 13.2 Å². The summed E-state index contributed by atoms with van der Waals surface area (Å²) >= 11 is 0. The number of esters is 1. The van der Waals surface area contributed by atoms with Crippen LogP contribution in [0, 0.1) is 0 Å². The van der Waals surface area contributed by atoms with Crippen molar-refractivity contribution in [2.75, 3.05) is 19.8 Å². The molecule has 1 fully saturated rings. The molecular formula is C29H39NO5. The third-order valence-electron chi connectivity index (χ3n) is 6.21. The van der Waals surface area contributed by atoms with E-state index in [0.29, 0.717) is 43.2 Å². The Morgan fingerprint density at radius 1 is 0.886 bits per heavy atom. The van der Waals surface area contributed by atoms with Crippen molar-refractivity contribution in [2.45, 2.75) is 77.9 Å². The number of ether oxygens (including phenoxy) is 3. The summed E-state index contributed by atoms with van der Waals surface area (Å²) < 4.78 is 17.5. The van der Waals surface area contributed by atoms with Crippen LogP contribution < -0.4 is 9.47 Å². The van der Waals surface area contributed by atoms with Crippen molar-refractivity contribution >= 4 is 11.9 Å². The Kier molecular flexibility index (Phi) is 10.9. The highest BCUT2D eigenvalue weighted by Gasteiger charge is 2.36. The molecule has 1 aliphatic heterocycles. The van der Waals surface area contributed by atoms with Crippen LogP contribution in [-0.2, 0) is 16.1 Å². The highest BCUT2D eigenvalue weighted by Crippen LogP contribution is 2.31. The molecule has 0 radical (unpaired) electrons. The normalized spacial score (nSPS) is 15.1. The van der Waals surface area contributed by atoms with E-state index in [1.165, 1.54) is 0 Å². The summed E-state index contributed by atoms with van der Waals surface area (Å²) in [5.74, 6) is 0.715. The fraction of sp³-hybridized carbons (Fsp3) is 0.517. The largest absolute Gasteiger partial charge is 0.490 e. The van der Waals surface area contributed by atoms with Gasteiger partial charge in [-0.25, -0.2) is 4.79 Å². The molecule has 1 amide bonds. The van der Waals surface area contributed by atoms with Crippen LogP contribution in [0.5, 0.6) is 11.5 Å². The predicted molar refractivity (Wildman–Crippen MR) is 137 cm³/mol. The first-order chi connectivity index (χ1) is 17.1. The Labute approximate surface area is 209 Å². The second kappa shape index (κ2) is 14.4. The van der Waals surface area contributed by atoms with Gasteiger partial charge in [-0.05, 0) is 49.4 Å².